The lowest BCUT2D eigenvalue weighted by atomic mass is 10.1. The molecule has 0 saturated carbocycles. The third-order valence-electron chi connectivity index (χ3n) is 4.60. The van der Waals surface area contributed by atoms with E-state index >= 15 is 0 Å². The molecule has 1 fully saturated rings. The minimum absolute atomic E-state index is 0.233. The van der Waals surface area contributed by atoms with Crippen LogP contribution < -0.4 is 4.90 Å². The quantitative estimate of drug-likeness (QED) is 0.776. The molecule has 0 amide bonds. The van der Waals surface area contributed by atoms with E-state index in [1.54, 1.807) is 6.20 Å². The van der Waals surface area contributed by atoms with Crippen LogP contribution in [0.25, 0.3) is 22.6 Å². The standard InChI is InChI=1S/C19H21N5O2/c1-12-3-4-14(10-20-12)18-16(17-9-13(2)23-26-17)11-21-19(22-18)24-7-5-15(25)6-8-24/h3-4,9-11,15,25H,5-8H2,1-2H3. The molecule has 1 N–H and O–H groups in total. The van der Waals surface area contributed by atoms with E-state index in [0.29, 0.717) is 11.7 Å². The van der Waals surface area contributed by atoms with E-state index in [1.807, 2.05) is 38.2 Å². The Bertz CT molecular complexity index is 899. The van der Waals surface area contributed by atoms with Gasteiger partial charge in [0.1, 0.15) is 0 Å². The number of piperidine rings is 1. The van der Waals surface area contributed by atoms with E-state index in [1.165, 1.54) is 0 Å². The highest BCUT2D eigenvalue weighted by atomic mass is 16.5. The Morgan fingerprint density at radius 3 is 2.54 bits per heavy atom. The summed E-state index contributed by atoms with van der Waals surface area (Å²) in [5.74, 6) is 1.30. The molecule has 4 rings (SSSR count). The Balaban J connectivity index is 1.78. The fourth-order valence-corrected chi connectivity index (χ4v) is 3.09. The zero-order valence-electron chi connectivity index (χ0n) is 14.9. The second-order valence-corrected chi connectivity index (χ2v) is 6.67. The molecular formula is C19H21N5O2. The third kappa shape index (κ3) is 3.30. The summed E-state index contributed by atoms with van der Waals surface area (Å²) in [5, 5.41) is 13.7. The van der Waals surface area contributed by atoms with Crippen molar-refractivity contribution in [3.8, 4) is 22.6 Å². The van der Waals surface area contributed by atoms with Gasteiger partial charge in [0.15, 0.2) is 5.76 Å². The van der Waals surface area contributed by atoms with Crippen molar-refractivity contribution >= 4 is 5.95 Å². The van der Waals surface area contributed by atoms with Crippen LogP contribution in [0, 0.1) is 13.8 Å². The Hall–Kier alpha value is -2.80. The summed E-state index contributed by atoms with van der Waals surface area (Å²) in [6.07, 6.45) is 4.82. The zero-order valence-corrected chi connectivity index (χ0v) is 14.9. The normalized spacial score (nSPS) is 15.4. The van der Waals surface area contributed by atoms with Crippen molar-refractivity contribution in [1.82, 2.24) is 20.1 Å². The highest BCUT2D eigenvalue weighted by Crippen LogP contribution is 2.32. The highest BCUT2D eigenvalue weighted by molar-refractivity contribution is 5.78. The summed E-state index contributed by atoms with van der Waals surface area (Å²) in [5.41, 5.74) is 4.22. The second-order valence-electron chi connectivity index (χ2n) is 6.67. The number of nitrogens with zero attached hydrogens (tertiary/aromatic N) is 5. The van der Waals surface area contributed by atoms with E-state index in [-0.39, 0.29) is 6.10 Å². The van der Waals surface area contributed by atoms with Crippen molar-refractivity contribution in [2.24, 2.45) is 0 Å². The third-order valence-corrected chi connectivity index (χ3v) is 4.60. The molecule has 7 nitrogen and oxygen atoms in total. The molecule has 1 aliphatic rings. The first-order valence-corrected chi connectivity index (χ1v) is 8.77. The fourth-order valence-electron chi connectivity index (χ4n) is 3.09. The van der Waals surface area contributed by atoms with E-state index in [4.69, 9.17) is 9.51 Å². The minimum Gasteiger partial charge on any atom is -0.393 e. The summed E-state index contributed by atoms with van der Waals surface area (Å²) < 4.78 is 5.44. The van der Waals surface area contributed by atoms with Gasteiger partial charge in [-0.2, -0.15) is 0 Å². The predicted molar refractivity (Wildman–Crippen MR) is 97.7 cm³/mol. The number of hydrogen-bond donors (Lipinski definition) is 1. The van der Waals surface area contributed by atoms with Crippen molar-refractivity contribution < 1.29 is 9.63 Å². The topological polar surface area (TPSA) is 88.2 Å². The molecule has 0 unspecified atom stereocenters. The van der Waals surface area contributed by atoms with Gasteiger partial charge in [-0.1, -0.05) is 5.16 Å². The van der Waals surface area contributed by atoms with E-state index in [2.05, 4.69) is 20.0 Å². The molecule has 1 aliphatic heterocycles. The molecule has 3 aromatic rings. The van der Waals surface area contributed by atoms with Gasteiger partial charge in [0.25, 0.3) is 0 Å². The van der Waals surface area contributed by atoms with Crippen LogP contribution in [-0.2, 0) is 0 Å². The van der Waals surface area contributed by atoms with Gasteiger partial charge < -0.3 is 14.5 Å². The van der Waals surface area contributed by atoms with Crippen molar-refractivity contribution in [2.75, 3.05) is 18.0 Å². The molecule has 26 heavy (non-hydrogen) atoms. The first-order chi connectivity index (χ1) is 12.6. The van der Waals surface area contributed by atoms with Crippen molar-refractivity contribution in [1.29, 1.82) is 0 Å². The molecule has 0 bridgehead atoms. The maximum absolute atomic E-state index is 9.73. The lowest BCUT2D eigenvalue weighted by Crippen LogP contribution is -2.36. The van der Waals surface area contributed by atoms with Crippen LogP contribution in [-0.4, -0.2) is 44.4 Å². The van der Waals surface area contributed by atoms with Gasteiger partial charge in [0, 0.05) is 42.8 Å². The summed E-state index contributed by atoms with van der Waals surface area (Å²) in [4.78, 5) is 15.9. The van der Waals surface area contributed by atoms with Crippen molar-refractivity contribution in [2.45, 2.75) is 32.8 Å². The number of aliphatic hydroxyl groups excluding tert-OH is 1. The zero-order chi connectivity index (χ0) is 18.1. The van der Waals surface area contributed by atoms with E-state index in [0.717, 1.165) is 54.1 Å². The number of aryl methyl sites for hydroxylation is 2. The van der Waals surface area contributed by atoms with E-state index < -0.39 is 0 Å². The van der Waals surface area contributed by atoms with Crippen LogP contribution in [0.3, 0.4) is 0 Å². The lowest BCUT2D eigenvalue weighted by Gasteiger charge is -2.29. The van der Waals surface area contributed by atoms with Gasteiger partial charge in [-0.3, -0.25) is 4.98 Å². The molecule has 0 aliphatic carbocycles. The predicted octanol–water partition coefficient (Wildman–Crippen LogP) is 2.77. The molecule has 1 saturated heterocycles. The average molecular weight is 351 g/mol. The number of pyridine rings is 1. The van der Waals surface area contributed by atoms with Crippen LogP contribution in [0.2, 0.25) is 0 Å². The van der Waals surface area contributed by atoms with E-state index in [9.17, 15) is 5.11 Å². The average Bonchev–Trinajstić information content (AvgIpc) is 3.09. The fraction of sp³-hybridized carbons (Fsp3) is 0.368. The van der Waals surface area contributed by atoms with Gasteiger partial charge >= 0.3 is 0 Å². The maximum Gasteiger partial charge on any atom is 0.225 e. The van der Waals surface area contributed by atoms with Crippen molar-refractivity contribution in [3.05, 3.63) is 42.0 Å². The van der Waals surface area contributed by atoms with Crippen LogP contribution >= 0.6 is 0 Å². The molecule has 0 aromatic carbocycles. The van der Waals surface area contributed by atoms with Gasteiger partial charge in [-0.05, 0) is 38.8 Å². The van der Waals surface area contributed by atoms with Gasteiger partial charge in [-0.15, -0.1) is 0 Å². The van der Waals surface area contributed by atoms with Crippen LogP contribution in [0.4, 0.5) is 5.95 Å². The molecule has 134 valence electrons. The molecule has 4 heterocycles. The number of rotatable bonds is 3. The van der Waals surface area contributed by atoms with Gasteiger partial charge in [-0.25, -0.2) is 9.97 Å². The Kier molecular flexibility index (Phi) is 4.38. The number of aromatic nitrogens is 4. The molecule has 3 aromatic heterocycles. The molecular weight excluding hydrogens is 330 g/mol. The number of hydrogen-bond acceptors (Lipinski definition) is 7. The largest absolute Gasteiger partial charge is 0.393 e. The van der Waals surface area contributed by atoms with Crippen LogP contribution in [0.5, 0.6) is 0 Å². The molecule has 0 spiro atoms. The van der Waals surface area contributed by atoms with Gasteiger partial charge in [0.05, 0.1) is 23.1 Å². The maximum atomic E-state index is 9.73. The minimum atomic E-state index is -0.233. The SMILES string of the molecule is Cc1ccc(-c2nc(N3CCC(O)CC3)ncc2-c2cc(C)no2)cn1. The summed E-state index contributed by atoms with van der Waals surface area (Å²) in [6, 6.07) is 5.84. The molecule has 7 heteroatoms. The first kappa shape index (κ1) is 16.7. The Labute approximate surface area is 151 Å². The monoisotopic (exact) mass is 351 g/mol. The number of anilines is 1. The molecule has 0 atom stereocenters. The lowest BCUT2D eigenvalue weighted by molar-refractivity contribution is 0.145. The smallest absolute Gasteiger partial charge is 0.225 e. The summed E-state index contributed by atoms with van der Waals surface area (Å²) >= 11 is 0. The Morgan fingerprint density at radius 1 is 1.08 bits per heavy atom. The Morgan fingerprint density at radius 2 is 1.88 bits per heavy atom. The second kappa shape index (κ2) is 6.84. The number of aliphatic hydroxyl groups is 1. The van der Waals surface area contributed by atoms with Crippen LogP contribution in [0.1, 0.15) is 24.2 Å². The first-order valence-electron chi connectivity index (χ1n) is 8.77. The van der Waals surface area contributed by atoms with Crippen molar-refractivity contribution in [3.63, 3.8) is 0 Å². The van der Waals surface area contributed by atoms with Crippen LogP contribution in [0.15, 0.2) is 35.1 Å². The summed E-state index contributed by atoms with van der Waals surface area (Å²) in [7, 11) is 0. The summed E-state index contributed by atoms with van der Waals surface area (Å²) in [6.45, 7) is 5.32. The van der Waals surface area contributed by atoms with Gasteiger partial charge in [0.2, 0.25) is 5.95 Å². The highest BCUT2D eigenvalue weighted by Gasteiger charge is 2.22. The molecule has 0 radical (unpaired) electrons.